The minimum Gasteiger partial charge on any atom is -0.444 e. The molecule has 152 valence electrons. The fourth-order valence-corrected chi connectivity index (χ4v) is 3.73. The summed E-state index contributed by atoms with van der Waals surface area (Å²) in [6.07, 6.45) is 1.29. The zero-order chi connectivity index (χ0) is 20.1. The Morgan fingerprint density at radius 1 is 1.36 bits per heavy atom. The van der Waals surface area contributed by atoms with Gasteiger partial charge in [0.25, 0.3) is 5.96 Å². The van der Waals surface area contributed by atoms with E-state index in [0.717, 1.165) is 24.0 Å². The smallest absolute Gasteiger partial charge is 0.417 e. The maximum atomic E-state index is 12.6. The Hall–Kier alpha value is -2.68. The summed E-state index contributed by atoms with van der Waals surface area (Å²) in [7, 11) is 0. The third-order valence-electron chi connectivity index (χ3n) is 5.12. The number of rotatable bonds is 6. The molecule has 2 heterocycles. The highest BCUT2D eigenvalue weighted by Crippen LogP contribution is 2.23. The summed E-state index contributed by atoms with van der Waals surface area (Å²) in [6.45, 7) is 6.14. The number of hydrogen-bond donors (Lipinski definition) is 0. The van der Waals surface area contributed by atoms with Crippen molar-refractivity contribution >= 4 is 12.1 Å². The van der Waals surface area contributed by atoms with Crippen molar-refractivity contribution in [1.29, 1.82) is 0 Å². The minimum absolute atomic E-state index is 0.0401. The van der Waals surface area contributed by atoms with Gasteiger partial charge < -0.3 is 14.4 Å². The lowest BCUT2D eigenvalue weighted by Crippen LogP contribution is -2.40. The molecule has 0 radical (unpaired) electrons. The van der Waals surface area contributed by atoms with Gasteiger partial charge in [-0.2, -0.15) is 0 Å². The number of guanidine groups is 1. The standard InChI is InChI=1S/C19H26N4O5/c1-3-16-6-4-5-7-17(16)13-28-19(24)22-9-8-21(18(22)20-23(25)26)11-15-10-14(2)27-12-15/h4-7,14-15H,3,8-13H2,1-2H3. The molecule has 3 rings (SSSR count). The second-order valence-electron chi connectivity index (χ2n) is 7.16. The Balaban J connectivity index is 1.65. The molecule has 2 atom stereocenters. The molecule has 28 heavy (non-hydrogen) atoms. The molecule has 2 saturated heterocycles. The first kappa shape index (κ1) is 20.1. The first-order chi connectivity index (χ1) is 13.5. The number of carbonyl (C=O) groups is 1. The van der Waals surface area contributed by atoms with Crippen molar-refractivity contribution in [2.45, 2.75) is 39.4 Å². The fraction of sp³-hybridized carbons (Fsp3) is 0.579. The number of hydrazone groups is 1. The lowest BCUT2D eigenvalue weighted by molar-refractivity contribution is -0.486. The van der Waals surface area contributed by atoms with Crippen LogP contribution in [0.25, 0.3) is 0 Å². The molecular formula is C19H26N4O5. The molecule has 2 aliphatic heterocycles. The normalized spacial score (nSPS) is 23.4. The molecule has 1 amide bonds. The summed E-state index contributed by atoms with van der Waals surface area (Å²) >= 11 is 0. The van der Waals surface area contributed by atoms with E-state index in [9.17, 15) is 14.9 Å². The monoisotopic (exact) mass is 390 g/mol. The van der Waals surface area contributed by atoms with Gasteiger partial charge in [-0.1, -0.05) is 31.2 Å². The van der Waals surface area contributed by atoms with Crippen molar-refractivity contribution < 1.29 is 19.3 Å². The number of carbonyl (C=O) groups excluding carboxylic acids is 1. The highest BCUT2D eigenvalue weighted by atomic mass is 16.7. The third kappa shape index (κ3) is 4.78. The predicted molar refractivity (Wildman–Crippen MR) is 102 cm³/mol. The van der Waals surface area contributed by atoms with Crippen molar-refractivity contribution in [3.8, 4) is 0 Å². The molecule has 9 heteroatoms. The highest BCUT2D eigenvalue weighted by molar-refractivity contribution is 5.95. The van der Waals surface area contributed by atoms with Crippen LogP contribution in [0, 0.1) is 16.0 Å². The predicted octanol–water partition coefficient (Wildman–Crippen LogP) is 2.48. The van der Waals surface area contributed by atoms with Gasteiger partial charge in [-0.3, -0.25) is 0 Å². The number of aryl methyl sites for hydroxylation is 1. The van der Waals surface area contributed by atoms with Crippen LogP contribution in [0.15, 0.2) is 29.4 Å². The second-order valence-corrected chi connectivity index (χ2v) is 7.16. The molecule has 2 fully saturated rings. The van der Waals surface area contributed by atoms with Gasteiger partial charge in [-0.05, 0) is 30.9 Å². The Bertz CT molecular complexity index is 754. The summed E-state index contributed by atoms with van der Waals surface area (Å²) in [5, 5.41) is 13.7. The van der Waals surface area contributed by atoms with E-state index in [4.69, 9.17) is 9.47 Å². The van der Waals surface area contributed by atoms with E-state index in [1.165, 1.54) is 4.90 Å². The summed E-state index contributed by atoms with van der Waals surface area (Å²) in [5.41, 5.74) is 2.03. The second kappa shape index (κ2) is 9.01. The summed E-state index contributed by atoms with van der Waals surface area (Å²) in [6, 6.07) is 7.74. The summed E-state index contributed by atoms with van der Waals surface area (Å²) < 4.78 is 11.0. The molecule has 0 bridgehead atoms. The molecule has 0 spiro atoms. The van der Waals surface area contributed by atoms with Crippen LogP contribution in [0.5, 0.6) is 0 Å². The van der Waals surface area contributed by atoms with Gasteiger partial charge >= 0.3 is 6.09 Å². The van der Waals surface area contributed by atoms with Gasteiger partial charge in [0.05, 0.1) is 19.3 Å². The van der Waals surface area contributed by atoms with Crippen molar-refractivity contribution in [2.75, 3.05) is 26.2 Å². The van der Waals surface area contributed by atoms with E-state index in [1.54, 1.807) is 4.90 Å². The van der Waals surface area contributed by atoms with Gasteiger partial charge in [-0.25, -0.2) is 19.8 Å². The van der Waals surface area contributed by atoms with Crippen LogP contribution in [0.2, 0.25) is 0 Å². The molecule has 2 aliphatic rings. The lowest BCUT2D eigenvalue weighted by atomic mass is 10.1. The number of hydrogen-bond acceptors (Lipinski definition) is 5. The van der Waals surface area contributed by atoms with Gasteiger partial charge in [0, 0.05) is 19.0 Å². The topological polar surface area (TPSA) is 97.5 Å². The van der Waals surface area contributed by atoms with E-state index in [0.29, 0.717) is 26.2 Å². The van der Waals surface area contributed by atoms with Crippen LogP contribution in [0.4, 0.5) is 4.79 Å². The van der Waals surface area contributed by atoms with Gasteiger partial charge in [-0.15, -0.1) is 0 Å². The molecule has 0 aromatic heterocycles. The third-order valence-corrected chi connectivity index (χ3v) is 5.12. The van der Waals surface area contributed by atoms with Crippen LogP contribution in [-0.2, 0) is 22.5 Å². The van der Waals surface area contributed by atoms with Crippen LogP contribution in [0.1, 0.15) is 31.4 Å². The number of nitrogens with zero attached hydrogens (tertiary/aromatic N) is 4. The largest absolute Gasteiger partial charge is 0.444 e. The van der Waals surface area contributed by atoms with Crippen molar-refractivity contribution in [2.24, 2.45) is 11.0 Å². The van der Waals surface area contributed by atoms with E-state index in [-0.39, 0.29) is 24.6 Å². The molecule has 1 aromatic rings. The number of ether oxygens (including phenoxy) is 2. The van der Waals surface area contributed by atoms with Gasteiger partial charge in [0.2, 0.25) is 0 Å². The minimum atomic E-state index is -0.770. The molecule has 0 N–H and O–H groups in total. The zero-order valence-corrected chi connectivity index (χ0v) is 16.2. The Kier molecular flexibility index (Phi) is 6.45. The zero-order valence-electron chi connectivity index (χ0n) is 16.2. The Morgan fingerprint density at radius 3 is 2.75 bits per heavy atom. The van der Waals surface area contributed by atoms with E-state index in [1.807, 2.05) is 38.1 Å². The molecule has 0 saturated carbocycles. The van der Waals surface area contributed by atoms with Crippen molar-refractivity contribution in [3.63, 3.8) is 0 Å². The average Bonchev–Trinajstić information content (AvgIpc) is 3.26. The number of amides is 1. The van der Waals surface area contributed by atoms with E-state index in [2.05, 4.69) is 5.10 Å². The maximum Gasteiger partial charge on any atom is 0.417 e. The van der Waals surface area contributed by atoms with Crippen LogP contribution in [0.3, 0.4) is 0 Å². The molecule has 2 unspecified atom stereocenters. The van der Waals surface area contributed by atoms with Crippen molar-refractivity contribution in [1.82, 2.24) is 9.80 Å². The van der Waals surface area contributed by atoms with Gasteiger partial charge in [0.15, 0.2) is 5.03 Å². The van der Waals surface area contributed by atoms with E-state index >= 15 is 0 Å². The molecule has 0 aliphatic carbocycles. The Labute approximate surface area is 164 Å². The average molecular weight is 390 g/mol. The molecule has 9 nitrogen and oxygen atoms in total. The maximum absolute atomic E-state index is 12.6. The van der Waals surface area contributed by atoms with Crippen LogP contribution in [-0.4, -0.2) is 59.2 Å². The quantitative estimate of drug-likeness (QED) is 0.547. The summed E-state index contributed by atoms with van der Waals surface area (Å²) in [5.74, 6) is 0.303. The number of benzene rings is 1. The molecule has 1 aromatic carbocycles. The summed E-state index contributed by atoms with van der Waals surface area (Å²) in [4.78, 5) is 26.6. The Morgan fingerprint density at radius 2 is 2.11 bits per heavy atom. The van der Waals surface area contributed by atoms with Crippen LogP contribution >= 0.6 is 0 Å². The van der Waals surface area contributed by atoms with Gasteiger partial charge in [0.1, 0.15) is 11.7 Å². The van der Waals surface area contributed by atoms with Crippen molar-refractivity contribution in [3.05, 3.63) is 45.5 Å². The SMILES string of the molecule is CCc1ccccc1COC(=O)N1CCN(CC2COC(C)C2)C1=N[N+](=O)[O-]. The first-order valence-electron chi connectivity index (χ1n) is 9.58. The highest BCUT2D eigenvalue weighted by Gasteiger charge is 2.37. The first-order valence-corrected chi connectivity index (χ1v) is 9.58. The van der Waals surface area contributed by atoms with Crippen LogP contribution < -0.4 is 0 Å². The lowest BCUT2D eigenvalue weighted by Gasteiger charge is -2.21. The van der Waals surface area contributed by atoms with E-state index < -0.39 is 11.1 Å². The molecular weight excluding hydrogens is 364 g/mol. The number of nitro groups is 1. The fourth-order valence-electron chi connectivity index (χ4n) is 3.73.